The van der Waals surface area contributed by atoms with E-state index in [9.17, 15) is 9.59 Å². The van der Waals surface area contributed by atoms with Crippen LogP contribution in [-0.2, 0) is 11.2 Å². The molecule has 1 aliphatic heterocycles. The summed E-state index contributed by atoms with van der Waals surface area (Å²) < 4.78 is 7.63. The minimum Gasteiger partial charge on any atom is -0.444 e. The number of nitrogens with zero attached hydrogens (tertiary/aromatic N) is 4. The highest BCUT2D eigenvalue weighted by atomic mass is 16.6. The second-order valence-electron chi connectivity index (χ2n) is 10.3. The summed E-state index contributed by atoms with van der Waals surface area (Å²) in [5.74, 6) is -0.0394. The van der Waals surface area contributed by atoms with E-state index in [1.165, 1.54) is 0 Å². The van der Waals surface area contributed by atoms with Crippen LogP contribution in [0.25, 0.3) is 16.7 Å². The number of ether oxygens (including phenoxy) is 1. The molecule has 3 heterocycles. The van der Waals surface area contributed by atoms with Crippen LogP contribution >= 0.6 is 0 Å². The van der Waals surface area contributed by atoms with Crippen molar-refractivity contribution in [3.63, 3.8) is 0 Å². The third-order valence-electron chi connectivity index (χ3n) is 6.49. The largest absolute Gasteiger partial charge is 0.444 e. The Balaban J connectivity index is 1.52. The molecule has 0 N–H and O–H groups in total. The van der Waals surface area contributed by atoms with Gasteiger partial charge in [-0.3, -0.25) is 9.36 Å². The molecule has 5 rings (SSSR count). The molecule has 1 aliphatic rings. The Morgan fingerprint density at radius 3 is 2.11 bits per heavy atom. The molecule has 0 saturated carbocycles. The number of hydrogen-bond donors (Lipinski definition) is 0. The van der Waals surface area contributed by atoms with Gasteiger partial charge in [0.2, 0.25) is 0 Å². The highest BCUT2D eigenvalue weighted by molar-refractivity contribution is 6.08. The molecule has 0 unspecified atom stereocenters. The van der Waals surface area contributed by atoms with Crippen molar-refractivity contribution in [3.8, 4) is 5.69 Å². The summed E-state index contributed by atoms with van der Waals surface area (Å²) in [6.07, 6.45) is 2.02. The maximum absolute atomic E-state index is 14.1. The second-order valence-corrected chi connectivity index (χ2v) is 10.3. The normalized spacial score (nSPS) is 14.1. The lowest BCUT2D eigenvalue weighted by Gasteiger charge is -2.35. The maximum atomic E-state index is 14.1. The molecule has 2 aromatic heterocycles. The van der Waals surface area contributed by atoms with Gasteiger partial charge >= 0.3 is 6.09 Å². The first kappa shape index (κ1) is 24.6. The lowest BCUT2D eigenvalue weighted by molar-refractivity contribution is 0.0141. The van der Waals surface area contributed by atoms with Crippen LogP contribution in [0.3, 0.4) is 0 Å². The van der Waals surface area contributed by atoms with E-state index in [1.807, 2.05) is 86.3 Å². The molecule has 0 radical (unpaired) electrons. The van der Waals surface area contributed by atoms with Gasteiger partial charge in [0.05, 0.1) is 5.56 Å². The molecule has 1 saturated heterocycles. The zero-order valence-corrected chi connectivity index (χ0v) is 21.6. The predicted molar refractivity (Wildman–Crippen MR) is 144 cm³/mol. The van der Waals surface area contributed by atoms with Crippen LogP contribution in [0, 0.1) is 0 Å². The van der Waals surface area contributed by atoms with Crippen molar-refractivity contribution in [3.05, 3.63) is 95.8 Å². The van der Waals surface area contributed by atoms with E-state index in [-0.39, 0.29) is 12.0 Å². The Kier molecular flexibility index (Phi) is 6.70. The molecule has 1 fully saturated rings. The van der Waals surface area contributed by atoms with E-state index in [0.717, 1.165) is 28.0 Å². The fourth-order valence-electron chi connectivity index (χ4n) is 4.79. The number of fused-ring (bicyclic) bond motifs is 1. The van der Waals surface area contributed by atoms with E-state index >= 15 is 0 Å². The maximum Gasteiger partial charge on any atom is 0.410 e. The Bertz CT molecular complexity index is 1400. The molecule has 190 valence electrons. The topological polar surface area (TPSA) is 67.7 Å². The second kappa shape index (κ2) is 10.1. The van der Waals surface area contributed by atoms with E-state index in [0.29, 0.717) is 38.2 Å². The van der Waals surface area contributed by atoms with Crippen LogP contribution in [0.2, 0.25) is 0 Å². The number of piperazine rings is 1. The van der Waals surface area contributed by atoms with Gasteiger partial charge in [0.1, 0.15) is 11.2 Å². The van der Waals surface area contributed by atoms with E-state index < -0.39 is 5.60 Å². The summed E-state index contributed by atoms with van der Waals surface area (Å²) in [5.41, 5.74) is 3.86. The number of amides is 2. The number of carbonyl (C=O) groups is 2. The van der Waals surface area contributed by atoms with Crippen LogP contribution < -0.4 is 0 Å². The van der Waals surface area contributed by atoms with E-state index in [2.05, 4.69) is 16.7 Å². The van der Waals surface area contributed by atoms with Gasteiger partial charge in [-0.2, -0.15) is 0 Å². The highest BCUT2D eigenvalue weighted by Crippen LogP contribution is 2.31. The number of rotatable bonds is 4. The molecule has 2 amide bonds. The summed E-state index contributed by atoms with van der Waals surface area (Å²) in [6, 6.07) is 24.1. The molecular formula is C30H32N4O3. The average Bonchev–Trinajstić information content (AvgIpc) is 3.22. The Hall–Kier alpha value is -4.13. The van der Waals surface area contributed by atoms with Crippen LogP contribution in [0.15, 0.2) is 79.0 Å². The Morgan fingerprint density at radius 2 is 1.46 bits per heavy atom. The fraction of sp³-hybridized carbons (Fsp3) is 0.300. The SMILES string of the molecule is CC(C)(C)OC(=O)N1CCN(C(=O)c2c(Cc3ccccc3)n(-c3ccccc3)c3ncccc23)CC1. The lowest BCUT2D eigenvalue weighted by atomic mass is 10.0. The van der Waals surface area contributed by atoms with Crippen molar-refractivity contribution in [2.24, 2.45) is 0 Å². The molecule has 37 heavy (non-hydrogen) atoms. The van der Waals surface area contributed by atoms with Crippen molar-refractivity contribution in [2.45, 2.75) is 32.8 Å². The van der Waals surface area contributed by atoms with Crippen molar-refractivity contribution >= 4 is 23.0 Å². The number of para-hydroxylation sites is 1. The third-order valence-corrected chi connectivity index (χ3v) is 6.49. The average molecular weight is 497 g/mol. The summed E-state index contributed by atoms with van der Waals surface area (Å²) in [5, 5.41) is 0.830. The molecular weight excluding hydrogens is 464 g/mol. The zero-order chi connectivity index (χ0) is 26.0. The molecule has 4 aromatic rings. The van der Waals surface area contributed by atoms with Gasteiger partial charge in [-0.1, -0.05) is 48.5 Å². The van der Waals surface area contributed by atoms with Crippen LogP contribution in [0.5, 0.6) is 0 Å². The quantitative estimate of drug-likeness (QED) is 0.384. The molecule has 7 nitrogen and oxygen atoms in total. The number of hydrogen-bond acceptors (Lipinski definition) is 4. The number of carbonyl (C=O) groups excluding carboxylic acids is 2. The molecule has 0 atom stereocenters. The first-order valence-corrected chi connectivity index (χ1v) is 12.7. The molecule has 0 aliphatic carbocycles. The molecule has 7 heteroatoms. The van der Waals surface area contributed by atoms with Crippen molar-refractivity contribution in [2.75, 3.05) is 26.2 Å². The summed E-state index contributed by atoms with van der Waals surface area (Å²) in [6.45, 7) is 7.33. The monoisotopic (exact) mass is 496 g/mol. The van der Waals surface area contributed by atoms with Gasteiger partial charge in [0, 0.05) is 55.6 Å². The highest BCUT2D eigenvalue weighted by Gasteiger charge is 2.32. The van der Waals surface area contributed by atoms with Crippen LogP contribution in [0.4, 0.5) is 4.79 Å². The zero-order valence-electron chi connectivity index (χ0n) is 21.6. The third kappa shape index (κ3) is 5.21. The van der Waals surface area contributed by atoms with Crippen molar-refractivity contribution < 1.29 is 14.3 Å². The number of benzene rings is 2. The molecule has 0 spiro atoms. The van der Waals surface area contributed by atoms with Crippen LogP contribution in [0.1, 0.15) is 42.4 Å². The number of aromatic nitrogens is 2. The molecule has 2 aromatic carbocycles. The molecule has 0 bridgehead atoms. The van der Waals surface area contributed by atoms with Crippen molar-refractivity contribution in [1.82, 2.24) is 19.4 Å². The smallest absolute Gasteiger partial charge is 0.410 e. The van der Waals surface area contributed by atoms with Gasteiger partial charge < -0.3 is 14.5 Å². The Morgan fingerprint density at radius 1 is 0.838 bits per heavy atom. The van der Waals surface area contributed by atoms with Gasteiger partial charge in [-0.25, -0.2) is 9.78 Å². The van der Waals surface area contributed by atoms with E-state index in [4.69, 9.17) is 9.72 Å². The van der Waals surface area contributed by atoms with Gasteiger partial charge in [0.15, 0.2) is 0 Å². The lowest BCUT2D eigenvalue weighted by Crippen LogP contribution is -2.51. The van der Waals surface area contributed by atoms with E-state index in [1.54, 1.807) is 11.1 Å². The standard InChI is InChI=1S/C30H32N4O3/c1-30(2,3)37-29(36)33-19-17-32(18-20-33)28(35)26-24-15-10-16-31-27(24)34(23-13-8-5-9-14-23)25(26)21-22-11-6-4-7-12-22/h4-16H,17-21H2,1-3H3. The fourth-order valence-corrected chi connectivity index (χ4v) is 4.79. The van der Waals surface area contributed by atoms with Gasteiger partial charge in [-0.15, -0.1) is 0 Å². The minimum absolute atomic E-state index is 0.0394. The summed E-state index contributed by atoms with van der Waals surface area (Å²) in [4.78, 5) is 34.9. The predicted octanol–water partition coefficient (Wildman–Crippen LogP) is 5.31. The number of pyridine rings is 1. The Labute approximate surface area is 217 Å². The summed E-state index contributed by atoms with van der Waals surface area (Å²) in [7, 11) is 0. The summed E-state index contributed by atoms with van der Waals surface area (Å²) >= 11 is 0. The van der Waals surface area contributed by atoms with Gasteiger partial charge in [0.25, 0.3) is 5.91 Å². The first-order valence-electron chi connectivity index (χ1n) is 12.7. The minimum atomic E-state index is -0.553. The van der Waals surface area contributed by atoms with Gasteiger partial charge in [-0.05, 0) is 50.6 Å². The van der Waals surface area contributed by atoms with Crippen molar-refractivity contribution in [1.29, 1.82) is 0 Å². The van der Waals surface area contributed by atoms with Crippen LogP contribution in [-0.4, -0.2) is 63.1 Å². The first-order chi connectivity index (χ1) is 17.8.